The minimum atomic E-state index is -0.866. The summed E-state index contributed by atoms with van der Waals surface area (Å²) in [5.41, 5.74) is 1.04. The maximum Gasteiger partial charge on any atom is 0.331 e. The smallest absolute Gasteiger partial charge is 0.331 e. The number of carbonyl (C=O) groups excluding carboxylic acids is 3. The SMILES string of the molecule is CCOC(=O)C1(NC(=O)CCCOc2ccc3c(c2)CCC(=O)N3)CCCCC1. The van der Waals surface area contributed by atoms with Gasteiger partial charge in [0.1, 0.15) is 11.3 Å². The van der Waals surface area contributed by atoms with Crippen LogP contribution in [0.25, 0.3) is 0 Å². The second-order valence-corrected chi connectivity index (χ2v) is 7.73. The molecule has 3 rings (SSSR count). The maximum absolute atomic E-state index is 12.4. The second-order valence-electron chi connectivity index (χ2n) is 7.73. The highest BCUT2D eigenvalue weighted by Gasteiger charge is 2.42. The molecule has 0 saturated heterocycles. The van der Waals surface area contributed by atoms with Crippen molar-refractivity contribution in [3.05, 3.63) is 23.8 Å². The molecule has 1 aliphatic heterocycles. The van der Waals surface area contributed by atoms with Crippen LogP contribution >= 0.6 is 0 Å². The topological polar surface area (TPSA) is 93.7 Å². The lowest BCUT2D eigenvalue weighted by atomic mass is 9.81. The van der Waals surface area contributed by atoms with Crippen LogP contribution in [0.15, 0.2) is 18.2 Å². The van der Waals surface area contributed by atoms with E-state index in [-0.39, 0.29) is 17.8 Å². The molecule has 1 fully saturated rings. The molecule has 1 aliphatic carbocycles. The Morgan fingerprint density at radius 2 is 1.97 bits per heavy atom. The summed E-state index contributed by atoms with van der Waals surface area (Å²) in [4.78, 5) is 36.3. The van der Waals surface area contributed by atoms with E-state index in [1.807, 2.05) is 18.2 Å². The lowest BCUT2D eigenvalue weighted by Gasteiger charge is -2.35. The molecule has 1 saturated carbocycles. The van der Waals surface area contributed by atoms with E-state index in [0.717, 1.165) is 36.3 Å². The number of fused-ring (bicyclic) bond motifs is 1. The molecule has 0 unspecified atom stereocenters. The fourth-order valence-electron chi connectivity index (χ4n) is 4.01. The summed E-state index contributed by atoms with van der Waals surface area (Å²) in [5, 5.41) is 5.80. The lowest BCUT2D eigenvalue weighted by molar-refractivity contribution is -0.155. The van der Waals surface area contributed by atoms with Gasteiger partial charge in [-0.15, -0.1) is 0 Å². The maximum atomic E-state index is 12.4. The summed E-state index contributed by atoms with van der Waals surface area (Å²) in [5.74, 6) is 0.313. The molecule has 2 aliphatic rings. The summed E-state index contributed by atoms with van der Waals surface area (Å²) in [6.07, 6.45) is 6.23. The van der Waals surface area contributed by atoms with E-state index in [0.29, 0.717) is 51.7 Å². The summed E-state index contributed by atoms with van der Waals surface area (Å²) < 4.78 is 11.0. The number of nitrogens with one attached hydrogen (secondary N) is 2. The molecular weight excluding hydrogens is 372 g/mol. The Morgan fingerprint density at radius 3 is 2.72 bits per heavy atom. The van der Waals surface area contributed by atoms with Gasteiger partial charge in [-0.25, -0.2) is 4.79 Å². The van der Waals surface area contributed by atoms with Crippen LogP contribution in [0.4, 0.5) is 5.69 Å². The van der Waals surface area contributed by atoms with Crippen molar-refractivity contribution in [3.8, 4) is 5.75 Å². The minimum Gasteiger partial charge on any atom is -0.494 e. The van der Waals surface area contributed by atoms with Crippen LogP contribution in [0.3, 0.4) is 0 Å². The van der Waals surface area contributed by atoms with Crippen LogP contribution in [0.5, 0.6) is 5.75 Å². The standard InChI is InChI=1S/C22H30N2O5/c1-2-28-21(27)22(12-4-3-5-13-22)24-20(26)7-6-14-29-17-9-10-18-16(15-17)8-11-19(25)23-18/h9-10,15H,2-8,11-14H2,1H3,(H,23,25)(H,24,26). The summed E-state index contributed by atoms with van der Waals surface area (Å²) >= 11 is 0. The number of hydrogen-bond acceptors (Lipinski definition) is 5. The van der Waals surface area contributed by atoms with E-state index in [1.54, 1.807) is 6.92 Å². The molecule has 0 atom stereocenters. The van der Waals surface area contributed by atoms with Crippen LogP contribution < -0.4 is 15.4 Å². The fourth-order valence-corrected chi connectivity index (χ4v) is 4.01. The van der Waals surface area contributed by atoms with Gasteiger partial charge in [0, 0.05) is 18.5 Å². The molecule has 1 aromatic rings. The number of aryl methyl sites for hydroxylation is 1. The van der Waals surface area contributed by atoms with Crippen molar-refractivity contribution in [2.24, 2.45) is 0 Å². The summed E-state index contributed by atoms with van der Waals surface area (Å²) in [7, 11) is 0. The van der Waals surface area contributed by atoms with Gasteiger partial charge in [-0.3, -0.25) is 9.59 Å². The van der Waals surface area contributed by atoms with Gasteiger partial charge in [0.25, 0.3) is 0 Å². The molecule has 0 aromatic heterocycles. The van der Waals surface area contributed by atoms with E-state index >= 15 is 0 Å². The number of amides is 2. The Balaban J connectivity index is 1.45. The molecule has 2 amide bonds. The molecule has 0 bridgehead atoms. The fraction of sp³-hybridized carbons (Fsp3) is 0.591. The van der Waals surface area contributed by atoms with Crippen molar-refractivity contribution in [1.82, 2.24) is 5.32 Å². The Bertz CT molecular complexity index is 756. The van der Waals surface area contributed by atoms with Gasteiger partial charge >= 0.3 is 5.97 Å². The Labute approximate surface area is 171 Å². The number of ether oxygens (including phenoxy) is 2. The van der Waals surface area contributed by atoms with Gasteiger partial charge < -0.3 is 20.1 Å². The van der Waals surface area contributed by atoms with Crippen molar-refractivity contribution in [2.45, 2.75) is 70.3 Å². The summed E-state index contributed by atoms with van der Waals surface area (Å²) in [6, 6.07) is 5.61. The highest BCUT2D eigenvalue weighted by Crippen LogP contribution is 2.30. The van der Waals surface area contributed by atoms with Crippen LogP contribution in [-0.2, 0) is 25.5 Å². The van der Waals surface area contributed by atoms with Crippen molar-refractivity contribution in [3.63, 3.8) is 0 Å². The number of carbonyl (C=O) groups is 3. The molecule has 0 radical (unpaired) electrons. The number of anilines is 1. The van der Waals surface area contributed by atoms with Crippen molar-refractivity contribution in [2.75, 3.05) is 18.5 Å². The largest absolute Gasteiger partial charge is 0.494 e. The van der Waals surface area contributed by atoms with E-state index in [4.69, 9.17) is 9.47 Å². The van der Waals surface area contributed by atoms with Gasteiger partial charge in [-0.1, -0.05) is 19.3 Å². The zero-order chi connectivity index (χ0) is 20.7. The molecule has 7 heteroatoms. The van der Waals surface area contributed by atoms with Gasteiger partial charge in [-0.05, 0) is 56.4 Å². The molecule has 2 N–H and O–H groups in total. The first kappa shape index (κ1) is 21.1. The third-order valence-corrected chi connectivity index (χ3v) is 5.54. The van der Waals surface area contributed by atoms with Crippen molar-refractivity contribution in [1.29, 1.82) is 0 Å². The van der Waals surface area contributed by atoms with E-state index < -0.39 is 5.54 Å². The Hall–Kier alpha value is -2.57. The Morgan fingerprint density at radius 1 is 1.17 bits per heavy atom. The van der Waals surface area contributed by atoms with E-state index in [9.17, 15) is 14.4 Å². The first-order valence-electron chi connectivity index (χ1n) is 10.6. The normalized spacial score (nSPS) is 17.6. The third-order valence-electron chi connectivity index (χ3n) is 5.54. The monoisotopic (exact) mass is 402 g/mol. The predicted molar refractivity (Wildman–Crippen MR) is 109 cm³/mol. The van der Waals surface area contributed by atoms with Crippen LogP contribution in [0.1, 0.15) is 63.9 Å². The van der Waals surface area contributed by atoms with E-state index in [1.165, 1.54) is 0 Å². The number of rotatable bonds is 8. The number of esters is 1. The van der Waals surface area contributed by atoms with Crippen LogP contribution in [-0.4, -0.2) is 36.5 Å². The van der Waals surface area contributed by atoms with Crippen molar-refractivity contribution >= 4 is 23.5 Å². The Kier molecular flexibility index (Phi) is 7.12. The van der Waals surface area contributed by atoms with E-state index in [2.05, 4.69) is 10.6 Å². The van der Waals surface area contributed by atoms with Gasteiger partial charge in [-0.2, -0.15) is 0 Å². The first-order valence-corrected chi connectivity index (χ1v) is 10.6. The zero-order valence-electron chi connectivity index (χ0n) is 17.1. The van der Waals surface area contributed by atoms with Crippen LogP contribution in [0.2, 0.25) is 0 Å². The third kappa shape index (κ3) is 5.49. The average molecular weight is 402 g/mol. The highest BCUT2D eigenvalue weighted by atomic mass is 16.5. The molecule has 1 heterocycles. The highest BCUT2D eigenvalue weighted by molar-refractivity contribution is 5.94. The lowest BCUT2D eigenvalue weighted by Crippen LogP contribution is -2.56. The quantitative estimate of drug-likeness (QED) is 0.515. The first-order chi connectivity index (χ1) is 14.0. The number of benzene rings is 1. The van der Waals surface area contributed by atoms with Crippen molar-refractivity contribution < 1.29 is 23.9 Å². The molecule has 158 valence electrons. The average Bonchev–Trinajstić information content (AvgIpc) is 2.72. The molecule has 7 nitrogen and oxygen atoms in total. The molecule has 29 heavy (non-hydrogen) atoms. The molecular formula is C22H30N2O5. The van der Waals surface area contributed by atoms with Gasteiger partial charge in [0.05, 0.1) is 13.2 Å². The predicted octanol–water partition coefficient (Wildman–Crippen LogP) is 3.11. The molecule has 1 aromatic carbocycles. The van der Waals surface area contributed by atoms with Crippen LogP contribution in [0, 0.1) is 0 Å². The van der Waals surface area contributed by atoms with Gasteiger partial charge in [0.15, 0.2) is 0 Å². The second kappa shape index (κ2) is 9.76. The zero-order valence-corrected chi connectivity index (χ0v) is 17.1. The number of hydrogen-bond donors (Lipinski definition) is 2. The van der Waals surface area contributed by atoms with Gasteiger partial charge in [0.2, 0.25) is 11.8 Å². The molecule has 0 spiro atoms. The minimum absolute atomic E-state index is 0.0377. The summed E-state index contributed by atoms with van der Waals surface area (Å²) in [6.45, 7) is 2.50.